The highest BCUT2D eigenvalue weighted by molar-refractivity contribution is 8.28. The van der Waals surface area contributed by atoms with Crippen LogP contribution in [-0.2, 0) is 0 Å². The first-order valence-corrected chi connectivity index (χ1v) is 11.3. The van der Waals surface area contributed by atoms with E-state index >= 15 is 0 Å². The lowest BCUT2D eigenvalue weighted by molar-refractivity contribution is 1.29. The third-order valence-electron chi connectivity index (χ3n) is 2.31. The van der Waals surface area contributed by atoms with Gasteiger partial charge in [0.1, 0.15) is 7.22 Å². The smallest absolute Gasteiger partial charge is 0.114 e. The minimum absolute atomic E-state index is 0.885. The Morgan fingerprint density at radius 1 is 1.05 bits per heavy atom. The highest BCUT2D eigenvalue weighted by Crippen LogP contribution is 2.35. The monoisotopic (exact) mass is 286 g/mol. The van der Waals surface area contributed by atoms with Crippen molar-refractivity contribution in [2.24, 2.45) is 4.99 Å². The van der Waals surface area contributed by atoms with Gasteiger partial charge in [-0.1, -0.05) is 37.8 Å². The maximum Gasteiger partial charge on any atom is 0.114 e. The number of aromatic nitrogens is 1. The molecule has 19 heavy (non-hydrogen) atoms. The average Bonchev–Trinajstić information content (AvgIpc) is 2.37. The van der Waals surface area contributed by atoms with Crippen molar-refractivity contribution in [2.45, 2.75) is 24.5 Å². The van der Waals surface area contributed by atoms with Gasteiger partial charge in [0.25, 0.3) is 0 Å². The van der Waals surface area contributed by atoms with Crippen LogP contribution in [0.5, 0.6) is 0 Å². The highest BCUT2D eigenvalue weighted by Gasteiger charge is 2.16. The summed E-state index contributed by atoms with van der Waals surface area (Å²) >= 11 is 1.97. The molecule has 0 unspecified atom stereocenters. The van der Waals surface area contributed by atoms with E-state index in [2.05, 4.69) is 47.8 Å². The second-order valence-electron chi connectivity index (χ2n) is 5.19. The molecule has 0 fully saturated rings. The molecule has 0 N–H and O–H groups in total. The molecule has 0 amide bonds. The van der Waals surface area contributed by atoms with Gasteiger partial charge in [0.15, 0.2) is 0 Å². The lowest BCUT2D eigenvalue weighted by Crippen LogP contribution is -2.13. The zero-order valence-electron chi connectivity index (χ0n) is 11.5. The second-order valence-corrected chi connectivity index (χ2v) is 14.4. The van der Waals surface area contributed by atoms with Crippen LogP contribution >= 0.6 is 11.2 Å². The number of benzene rings is 1. The molecule has 98 valence electrons. The lowest BCUT2D eigenvalue weighted by Gasteiger charge is -2.16. The van der Waals surface area contributed by atoms with Gasteiger partial charge >= 0.3 is 0 Å². The summed E-state index contributed by atoms with van der Waals surface area (Å²) in [4.78, 5) is 10.1. The Morgan fingerprint density at radius 2 is 1.79 bits per heavy atom. The SMILES string of the molecule is C[Si](C)(C)Sc1ccccc1/N=C/c1ccccn1. The van der Waals surface area contributed by atoms with Crippen LogP contribution < -0.4 is 0 Å². The summed E-state index contributed by atoms with van der Waals surface area (Å²) in [6.07, 6.45) is 3.60. The predicted octanol–water partition coefficient (Wildman–Crippen LogP) is 4.76. The number of nitrogens with zero attached hydrogens (tertiary/aromatic N) is 2. The molecule has 0 aliphatic heterocycles. The van der Waals surface area contributed by atoms with Gasteiger partial charge in [-0.15, -0.1) is 11.2 Å². The summed E-state index contributed by atoms with van der Waals surface area (Å²) in [6.45, 7) is 7.03. The molecule has 0 aliphatic rings. The van der Waals surface area contributed by atoms with Gasteiger partial charge in [-0.25, -0.2) is 0 Å². The van der Waals surface area contributed by atoms with Crippen LogP contribution in [0, 0.1) is 0 Å². The molecule has 1 aromatic heterocycles. The molecule has 4 heteroatoms. The first-order valence-electron chi connectivity index (χ1n) is 6.28. The summed E-state index contributed by atoms with van der Waals surface area (Å²) in [5, 5.41) is 0. The summed E-state index contributed by atoms with van der Waals surface area (Å²) in [5.74, 6) is 0. The van der Waals surface area contributed by atoms with E-state index in [4.69, 9.17) is 0 Å². The number of aliphatic imine (C=N–C) groups is 1. The standard InChI is InChI=1S/C15H18N2SSi/c1-19(2,3)18-15-10-5-4-9-14(15)17-12-13-8-6-7-11-16-13/h4-12H,1-3H3/b17-12+. The van der Waals surface area contributed by atoms with Crippen molar-refractivity contribution in [3.8, 4) is 0 Å². The van der Waals surface area contributed by atoms with Gasteiger partial charge in [0.05, 0.1) is 17.6 Å². The molecule has 0 radical (unpaired) electrons. The average molecular weight is 286 g/mol. The lowest BCUT2D eigenvalue weighted by atomic mass is 10.3. The summed E-state index contributed by atoms with van der Waals surface area (Å²) < 4.78 is 0. The molecule has 2 rings (SSSR count). The molecule has 1 heterocycles. The molecular weight excluding hydrogens is 268 g/mol. The van der Waals surface area contributed by atoms with Gasteiger partial charge in [-0.05, 0) is 24.3 Å². The predicted molar refractivity (Wildman–Crippen MR) is 87.1 cm³/mol. The van der Waals surface area contributed by atoms with E-state index in [0.717, 1.165) is 11.4 Å². The summed E-state index contributed by atoms with van der Waals surface area (Å²) in [6, 6.07) is 14.1. The Balaban J connectivity index is 2.23. The molecular formula is C15H18N2SSi. The van der Waals surface area contributed by atoms with E-state index in [1.807, 2.05) is 41.7 Å². The van der Waals surface area contributed by atoms with E-state index in [1.54, 1.807) is 6.20 Å². The summed E-state index contributed by atoms with van der Waals surface area (Å²) in [7, 11) is -1.21. The molecule has 0 spiro atoms. The fourth-order valence-corrected chi connectivity index (χ4v) is 5.10. The van der Waals surface area contributed by atoms with Crippen LogP contribution in [0.4, 0.5) is 5.69 Å². The van der Waals surface area contributed by atoms with Crippen molar-refractivity contribution < 1.29 is 0 Å². The molecule has 0 saturated heterocycles. The van der Waals surface area contributed by atoms with Gasteiger partial charge in [0.2, 0.25) is 0 Å². The van der Waals surface area contributed by atoms with Crippen molar-refractivity contribution >= 4 is 30.3 Å². The van der Waals surface area contributed by atoms with Crippen LogP contribution in [-0.4, -0.2) is 18.4 Å². The molecule has 0 saturated carbocycles. The number of pyridine rings is 1. The first kappa shape index (κ1) is 14.0. The topological polar surface area (TPSA) is 25.2 Å². The van der Waals surface area contributed by atoms with E-state index in [0.29, 0.717) is 0 Å². The molecule has 2 aromatic rings. The van der Waals surface area contributed by atoms with E-state index in [1.165, 1.54) is 4.90 Å². The highest BCUT2D eigenvalue weighted by atomic mass is 32.4. The van der Waals surface area contributed by atoms with E-state index in [-0.39, 0.29) is 0 Å². The number of hydrogen-bond donors (Lipinski definition) is 0. The number of para-hydroxylation sites is 1. The minimum Gasteiger partial charge on any atom is -0.255 e. The fraction of sp³-hybridized carbons (Fsp3) is 0.200. The summed E-state index contributed by atoms with van der Waals surface area (Å²) in [5.41, 5.74) is 1.91. The van der Waals surface area contributed by atoms with Crippen LogP contribution in [0.15, 0.2) is 58.5 Å². The zero-order valence-corrected chi connectivity index (χ0v) is 13.3. The second kappa shape index (κ2) is 6.17. The number of hydrogen-bond acceptors (Lipinski definition) is 3. The fourth-order valence-electron chi connectivity index (χ4n) is 1.57. The van der Waals surface area contributed by atoms with Gasteiger partial charge in [0, 0.05) is 11.1 Å². The largest absolute Gasteiger partial charge is 0.255 e. The van der Waals surface area contributed by atoms with Crippen molar-refractivity contribution in [1.82, 2.24) is 4.98 Å². The van der Waals surface area contributed by atoms with Crippen LogP contribution in [0.3, 0.4) is 0 Å². The Hall–Kier alpha value is -1.39. The molecule has 0 atom stereocenters. The van der Waals surface area contributed by atoms with Crippen molar-refractivity contribution in [2.75, 3.05) is 0 Å². The maximum absolute atomic E-state index is 4.57. The zero-order chi connectivity index (χ0) is 13.7. The molecule has 0 aliphatic carbocycles. The van der Waals surface area contributed by atoms with Crippen LogP contribution in [0.25, 0.3) is 0 Å². The van der Waals surface area contributed by atoms with Gasteiger partial charge in [-0.3, -0.25) is 9.98 Å². The maximum atomic E-state index is 4.57. The van der Waals surface area contributed by atoms with Gasteiger partial charge < -0.3 is 0 Å². The van der Waals surface area contributed by atoms with Crippen LogP contribution in [0.1, 0.15) is 5.69 Å². The van der Waals surface area contributed by atoms with E-state index in [9.17, 15) is 0 Å². The first-order chi connectivity index (χ1) is 9.04. The Morgan fingerprint density at radius 3 is 2.47 bits per heavy atom. The van der Waals surface area contributed by atoms with Crippen molar-refractivity contribution in [1.29, 1.82) is 0 Å². The Labute approximate surface area is 119 Å². The Kier molecular flexibility index (Phi) is 4.55. The van der Waals surface area contributed by atoms with Crippen molar-refractivity contribution in [3.63, 3.8) is 0 Å². The van der Waals surface area contributed by atoms with Gasteiger partial charge in [-0.2, -0.15) is 0 Å². The van der Waals surface area contributed by atoms with Crippen molar-refractivity contribution in [3.05, 3.63) is 54.4 Å². The quantitative estimate of drug-likeness (QED) is 0.598. The molecule has 0 bridgehead atoms. The third-order valence-corrected chi connectivity index (χ3v) is 5.98. The molecule has 2 nitrogen and oxygen atoms in total. The van der Waals surface area contributed by atoms with E-state index < -0.39 is 7.22 Å². The van der Waals surface area contributed by atoms with Crippen LogP contribution in [0.2, 0.25) is 19.6 Å². The molecule has 1 aromatic carbocycles. The third kappa shape index (κ3) is 4.65. The normalized spacial score (nSPS) is 11.9. The minimum atomic E-state index is -1.21. The number of rotatable bonds is 4. The Bertz CT molecular complexity index is 562.